The van der Waals surface area contributed by atoms with Crippen molar-refractivity contribution in [1.82, 2.24) is 4.57 Å². The number of halogens is 1. The molecule has 0 spiro atoms. The van der Waals surface area contributed by atoms with E-state index in [4.69, 9.17) is 11.1 Å². The predicted molar refractivity (Wildman–Crippen MR) is 55.5 cm³/mol. The molecule has 0 radical (unpaired) electrons. The molecule has 0 aromatic heterocycles. The van der Waals surface area contributed by atoms with Gasteiger partial charge in [-0.3, -0.25) is 0 Å². The molecule has 0 rings (SSSR count). The molecule has 0 aromatic rings. The van der Waals surface area contributed by atoms with Gasteiger partial charge in [-0.2, -0.15) is 0 Å². The minimum Gasteiger partial charge on any atom is -0.312 e. The van der Waals surface area contributed by atoms with Gasteiger partial charge in [-0.15, -0.1) is 11.1 Å². The molecule has 0 saturated heterocycles. The molecule has 0 bridgehead atoms. The summed E-state index contributed by atoms with van der Waals surface area (Å²) in [5.41, 5.74) is 0.629. The topological polar surface area (TPSA) is 3.24 Å². The van der Waals surface area contributed by atoms with Crippen LogP contribution >= 0.6 is 11.1 Å². The van der Waals surface area contributed by atoms with E-state index in [-0.39, 0.29) is 0 Å². The van der Waals surface area contributed by atoms with Crippen LogP contribution in [-0.2, 0) is 0 Å². The third-order valence-corrected chi connectivity index (χ3v) is 8.44. The van der Waals surface area contributed by atoms with Crippen molar-refractivity contribution < 1.29 is 0 Å². The lowest BCUT2D eigenvalue weighted by Crippen LogP contribution is -2.48. The van der Waals surface area contributed by atoms with Crippen molar-refractivity contribution in [2.24, 2.45) is 0 Å². The highest BCUT2D eigenvalue weighted by Crippen LogP contribution is 2.27. The van der Waals surface area contributed by atoms with Gasteiger partial charge in [0.2, 0.25) is 7.55 Å². The first-order chi connectivity index (χ1) is 4.96. The van der Waals surface area contributed by atoms with E-state index in [9.17, 15) is 0 Å². The van der Waals surface area contributed by atoms with Gasteiger partial charge in [0.05, 0.1) is 0 Å². The van der Waals surface area contributed by atoms with Crippen LogP contribution in [0.4, 0.5) is 0 Å². The Kier molecular flexibility index (Phi) is 4.67. The zero-order valence-electron chi connectivity index (χ0n) is 8.32. The Morgan fingerprint density at radius 1 is 1.27 bits per heavy atom. The summed E-state index contributed by atoms with van der Waals surface area (Å²) < 4.78 is 2.42. The molecule has 0 saturated carbocycles. The smallest absolute Gasteiger partial charge is 0.228 e. The third kappa shape index (κ3) is 2.77. The van der Waals surface area contributed by atoms with E-state index in [1.54, 1.807) is 0 Å². The molecule has 0 N–H and O–H groups in total. The molecular formula is C8H20ClNSi. The lowest BCUT2D eigenvalue weighted by molar-refractivity contribution is 0.467. The number of rotatable bonds is 4. The highest BCUT2D eigenvalue weighted by atomic mass is 35.6. The summed E-state index contributed by atoms with van der Waals surface area (Å²) in [6.07, 6.45) is 0. The lowest BCUT2D eigenvalue weighted by atomic mass is 10.6. The number of hydrogen-bond acceptors (Lipinski definition) is 1. The van der Waals surface area contributed by atoms with Crippen LogP contribution in [0.15, 0.2) is 0 Å². The Labute approximate surface area is 76.5 Å². The van der Waals surface area contributed by atoms with Crippen molar-refractivity contribution in [2.75, 3.05) is 13.1 Å². The van der Waals surface area contributed by atoms with Crippen LogP contribution in [0.5, 0.6) is 0 Å². The molecule has 0 amide bonds. The quantitative estimate of drug-likeness (QED) is 0.490. The van der Waals surface area contributed by atoms with Gasteiger partial charge in [-0.05, 0) is 25.2 Å². The average molecular weight is 194 g/mol. The summed E-state index contributed by atoms with van der Waals surface area (Å²) in [4.78, 5) is 0. The van der Waals surface area contributed by atoms with E-state index in [1.807, 2.05) is 0 Å². The van der Waals surface area contributed by atoms with E-state index in [1.165, 1.54) is 0 Å². The van der Waals surface area contributed by atoms with Crippen LogP contribution in [0.3, 0.4) is 0 Å². The molecular weight excluding hydrogens is 174 g/mol. The van der Waals surface area contributed by atoms with Crippen LogP contribution < -0.4 is 0 Å². The van der Waals surface area contributed by atoms with Crippen molar-refractivity contribution in [3.05, 3.63) is 0 Å². The summed E-state index contributed by atoms with van der Waals surface area (Å²) in [5, 5.41) is 0. The minimum atomic E-state index is -1.60. The van der Waals surface area contributed by atoms with E-state index in [0.717, 1.165) is 13.1 Å². The number of hydrogen-bond donors (Lipinski definition) is 0. The van der Waals surface area contributed by atoms with Gasteiger partial charge in [0.25, 0.3) is 0 Å². The molecule has 1 atom stereocenters. The molecule has 0 heterocycles. The molecule has 1 unspecified atom stereocenters. The van der Waals surface area contributed by atoms with Crippen LogP contribution in [0.2, 0.25) is 12.1 Å². The summed E-state index contributed by atoms with van der Waals surface area (Å²) in [5.74, 6) is 0. The fraction of sp³-hybridized carbons (Fsp3) is 1.00. The second-order valence-electron chi connectivity index (χ2n) is 3.35. The van der Waals surface area contributed by atoms with Crippen molar-refractivity contribution in [3.63, 3.8) is 0 Å². The maximum atomic E-state index is 6.50. The van der Waals surface area contributed by atoms with Crippen LogP contribution in [-0.4, -0.2) is 25.2 Å². The molecule has 0 aliphatic carbocycles. The maximum Gasteiger partial charge on any atom is 0.228 e. The first-order valence-corrected chi connectivity index (χ1v) is 7.94. The van der Waals surface area contributed by atoms with E-state index < -0.39 is 7.55 Å². The molecule has 0 fully saturated rings. The standard InChI is InChI=1S/C8H20ClNSi/c1-6-10(7-2)11(5,9)8(3)4/h8H,6-7H2,1-5H3. The summed E-state index contributed by atoms with van der Waals surface area (Å²) >= 11 is 6.50. The third-order valence-electron chi connectivity index (χ3n) is 2.44. The zero-order chi connectivity index (χ0) is 9.07. The Balaban J connectivity index is 4.24. The SMILES string of the molecule is CCN(CC)[Si](C)(Cl)C(C)C. The van der Waals surface area contributed by atoms with Gasteiger partial charge in [-0.1, -0.05) is 27.7 Å². The van der Waals surface area contributed by atoms with Gasteiger partial charge < -0.3 is 4.57 Å². The minimum absolute atomic E-state index is 0.629. The predicted octanol–water partition coefficient (Wildman–Crippen LogP) is 3.05. The van der Waals surface area contributed by atoms with E-state index in [0.29, 0.717) is 5.54 Å². The first kappa shape index (κ1) is 11.5. The zero-order valence-corrected chi connectivity index (χ0v) is 10.1. The Morgan fingerprint density at radius 2 is 1.64 bits per heavy atom. The molecule has 1 nitrogen and oxygen atoms in total. The first-order valence-electron chi connectivity index (χ1n) is 4.40. The Bertz CT molecular complexity index is 111. The van der Waals surface area contributed by atoms with Crippen molar-refractivity contribution in [3.8, 4) is 0 Å². The molecule has 0 aliphatic heterocycles. The highest BCUT2D eigenvalue weighted by Gasteiger charge is 2.34. The van der Waals surface area contributed by atoms with Crippen molar-refractivity contribution >= 4 is 18.6 Å². The van der Waals surface area contributed by atoms with Gasteiger partial charge in [0.1, 0.15) is 0 Å². The van der Waals surface area contributed by atoms with Crippen LogP contribution in [0.25, 0.3) is 0 Å². The van der Waals surface area contributed by atoms with Crippen LogP contribution in [0.1, 0.15) is 27.7 Å². The normalized spacial score (nSPS) is 17.5. The maximum absolute atomic E-state index is 6.50. The average Bonchev–Trinajstić information content (AvgIpc) is 1.89. The van der Waals surface area contributed by atoms with Gasteiger partial charge in [-0.25, -0.2) is 0 Å². The monoisotopic (exact) mass is 193 g/mol. The van der Waals surface area contributed by atoms with Crippen molar-refractivity contribution in [2.45, 2.75) is 39.8 Å². The second-order valence-corrected chi connectivity index (χ2v) is 9.48. The Hall–Kier alpha value is 0.467. The molecule has 0 aliphatic rings. The summed E-state index contributed by atoms with van der Waals surface area (Å²) in [6, 6.07) is 0. The fourth-order valence-electron chi connectivity index (χ4n) is 1.21. The molecule has 11 heavy (non-hydrogen) atoms. The highest BCUT2D eigenvalue weighted by molar-refractivity contribution is 7.18. The van der Waals surface area contributed by atoms with Crippen LogP contribution in [0, 0.1) is 0 Å². The molecule has 68 valence electrons. The van der Waals surface area contributed by atoms with E-state index >= 15 is 0 Å². The summed E-state index contributed by atoms with van der Waals surface area (Å²) in [7, 11) is -1.60. The van der Waals surface area contributed by atoms with Crippen molar-refractivity contribution in [1.29, 1.82) is 0 Å². The Morgan fingerprint density at radius 3 is 1.73 bits per heavy atom. The lowest BCUT2D eigenvalue weighted by Gasteiger charge is -2.35. The summed E-state index contributed by atoms with van der Waals surface area (Å²) in [6.45, 7) is 13.2. The fourth-order valence-corrected chi connectivity index (χ4v) is 3.89. The largest absolute Gasteiger partial charge is 0.312 e. The molecule has 0 aromatic carbocycles. The molecule has 3 heteroatoms. The van der Waals surface area contributed by atoms with Gasteiger partial charge >= 0.3 is 0 Å². The van der Waals surface area contributed by atoms with E-state index in [2.05, 4.69) is 38.8 Å². The second kappa shape index (κ2) is 4.48. The van der Waals surface area contributed by atoms with Gasteiger partial charge in [0.15, 0.2) is 0 Å². The number of nitrogens with zero attached hydrogens (tertiary/aromatic N) is 1. The van der Waals surface area contributed by atoms with Gasteiger partial charge in [0, 0.05) is 0 Å².